The van der Waals surface area contributed by atoms with E-state index >= 15 is 0 Å². The largest absolute Gasteiger partial charge is 0.328 e. The van der Waals surface area contributed by atoms with Crippen LogP contribution in [0.3, 0.4) is 0 Å². The van der Waals surface area contributed by atoms with E-state index in [1.807, 2.05) is 18.0 Å². The number of rotatable bonds is 2. The van der Waals surface area contributed by atoms with E-state index in [0.29, 0.717) is 5.56 Å². The molecule has 0 radical (unpaired) electrons. The molecule has 100 valence electrons. The van der Waals surface area contributed by atoms with Gasteiger partial charge in [-0.2, -0.15) is 5.26 Å². The SMILES string of the molecule is Cc1ccc(N(C)c2nc3c(cc2C#N)CCC3)cc1. The Balaban J connectivity index is 2.05. The van der Waals surface area contributed by atoms with Crippen molar-refractivity contribution in [2.75, 3.05) is 11.9 Å². The smallest absolute Gasteiger partial charge is 0.151 e. The molecule has 0 bridgehead atoms. The van der Waals surface area contributed by atoms with Crippen molar-refractivity contribution in [2.45, 2.75) is 26.2 Å². The predicted octanol–water partition coefficient (Wildman–Crippen LogP) is 3.52. The summed E-state index contributed by atoms with van der Waals surface area (Å²) >= 11 is 0. The van der Waals surface area contributed by atoms with Crippen LogP contribution in [-0.4, -0.2) is 12.0 Å². The van der Waals surface area contributed by atoms with Gasteiger partial charge in [0.15, 0.2) is 5.82 Å². The van der Waals surface area contributed by atoms with E-state index in [9.17, 15) is 5.26 Å². The standard InChI is InChI=1S/C17H17N3/c1-12-6-8-15(9-7-12)20(2)17-14(11-18)10-13-4-3-5-16(13)19-17/h6-10H,3-5H2,1-2H3. The summed E-state index contributed by atoms with van der Waals surface area (Å²) in [7, 11) is 1.97. The number of pyridine rings is 1. The average molecular weight is 263 g/mol. The highest BCUT2D eigenvalue weighted by Crippen LogP contribution is 2.30. The Morgan fingerprint density at radius 2 is 1.95 bits per heavy atom. The van der Waals surface area contributed by atoms with E-state index in [1.165, 1.54) is 11.1 Å². The quantitative estimate of drug-likeness (QED) is 0.832. The monoisotopic (exact) mass is 263 g/mol. The maximum Gasteiger partial charge on any atom is 0.151 e. The van der Waals surface area contributed by atoms with Crippen LogP contribution >= 0.6 is 0 Å². The van der Waals surface area contributed by atoms with Gasteiger partial charge in [0.1, 0.15) is 6.07 Å². The molecule has 0 atom stereocenters. The maximum absolute atomic E-state index is 9.37. The zero-order valence-corrected chi connectivity index (χ0v) is 11.8. The van der Waals surface area contributed by atoms with Gasteiger partial charge < -0.3 is 4.90 Å². The molecule has 1 aromatic heterocycles. The lowest BCUT2D eigenvalue weighted by Gasteiger charge is -2.20. The van der Waals surface area contributed by atoms with Crippen LogP contribution in [-0.2, 0) is 12.8 Å². The van der Waals surface area contributed by atoms with Crippen LogP contribution in [0.1, 0.15) is 28.8 Å². The Kier molecular flexibility index (Phi) is 3.15. The van der Waals surface area contributed by atoms with Crippen LogP contribution in [0.25, 0.3) is 0 Å². The van der Waals surface area contributed by atoms with E-state index in [4.69, 9.17) is 4.98 Å². The number of fused-ring (bicyclic) bond motifs is 1. The average Bonchev–Trinajstić information content (AvgIpc) is 2.93. The summed E-state index contributed by atoms with van der Waals surface area (Å²) in [5.74, 6) is 0.761. The van der Waals surface area contributed by atoms with Crippen molar-refractivity contribution in [3.63, 3.8) is 0 Å². The van der Waals surface area contributed by atoms with Crippen molar-refractivity contribution in [3.05, 3.63) is 52.7 Å². The van der Waals surface area contributed by atoms with E-state index < -0.39 is 0 Å². The molecule has 3 nitrogen and oxygen atoms in total. The molecule has 0 aliphatic heterocycles. The van der Waals surface area contributed by atoms with Crippen molar-refractivity contribution in [2.24, 2.45) is 0 Å². The number of aryl methyl sites for hydroxylation is 3. The van der Waals surface area contributed by atoms with Crippen molar-refractivity contribution in [1.82, 2.24) is 4.98 Å². The fourth-order valence-corrected chi connectivity index (χ4v) is 2.69. The molecule has 0 saturated carbocycles. The van der Waals surface area contributed by atoms with Crippen molar-refractivity contribution in [3.8, 4) is 6.07 Å². The number of nitrogens with zero attached hydrogens (tertiary/aromatic N) is 3. The Labute approximate surface area is 119 Å². The van der Waals surface area contributed by atoms with E-state index in [2.05, 4.69) is 37.3 Å². The topological polar surface area (TPSA) is 39.9 Å². The molecule has 3 heteroatoms. The molecule has 0 unspecified atom stereocenters. The zero-order valence-electron chi connectivity index (χ0n) is 11.8. The summed E-state index contributed by atoms with van der Waals surface area (Å²) in [6.07, 6.45) is 3.21. The second-order valence-corrected chi connectivity index (χ2v) is 5.33. The number of anilines is 2. The first-order valence-electron chi connectivity index (χ1n) is 6.92. The first-order chi connectivity index (χ1) is 9.69. The summed E-state index contributed by atoms with van der Waals surface area (Å²) < 4.78 is 0. The molecule has 1 aliphatic carbocycles. The molecule has 20 heavy (non-hydrogen) atoms. The minimum atomic E-state index is 0.661. The number of benzene rings is 1. The molecule has 1 aliphatic rings. The summed E-state index contributed by atoms with van der Waals surface area (Å²) in [6, 6.07) is 12.6. The van der Waals surface area contributed by atoms with Crippen LogP contribution in [0.4, 0.5) is 11.5 Å². The molecule has 3 rings (SSSR count). The third-order valence-corrected chi connectivity index (χ3v) is 3.89. The van der Waals surface area contributed by atoms with Gasteiger partial charge in [-0.3, -0.25) is 0 Å². The van der Waals surface area contributed by atoms with Gasteiger partial charge >= 0.3 is 0 Å². The lowest BCUT2D eigenvalue weighted by molar-refractivity contribution is 0.898. The summed E-state index contributed by atoms with van der Waals surface area (Å²) in [5.41, 5.74) is 5.33. The van der Waals surface area contributed by atoms with Crippen molar-refractivity contribution in [1.29, 1.82) is 5.26 Å². The minimum Gasteiger partial charge on any atom is -0.328 e. The van der Waals surface area contributed by atoms with Gasteiger partial charge in [0, 0.05) is 18.4 Å². The normalized spacial score (nSPS) is 12.8. The molecular weight excluding hydrogens is 246 g/mol. The fourth-order valence-electron chi connectivity index (χ4n) is 2.69. The summed E-state index contributed by atoms with van der Waals surface area (Å²) in [5, 5.41) is 9.37. The molecule has 1 aromatic carbocycles. The Morgan fingerprint density at radius 1 is 1.20 bits per heavy atom. The van der Waals surface area contributed by atoms with Gasteiger partial charge in [0.2, 0.25) is 0 Å². The highest BCUT2D eigenvalue weighted by atomic mass is 15.2. The van der Waals surface area contributed by atoms with E-state index in [-0.39, 0.29) is 0 Å². The van der Waals surface area contributed by atoms with Crippen LogP contribution in [0.2, 0.25) is 0 Å². The van der Waals surface area contributed by atoms with Gasteiger partial charge in [-0.15, -0.1) is 0 Å². The van der Waals surface area contributed by atoms with Gasteiger partial charge in [-0.05, 0) is 49.9 Å². The number of aromatic nitrogens is 1. The van der Waals surface area contributed by atoms with Crippen LogP contribution in [0.5, 0.6) is 0 Å². The molecule has 0 amide bonds. The molecular formula is C17H17N3. The third-order valence-electron chi connectivity index (χ3n) is 3.89. The zero-order chi connectivity index (χ0) is 14.1. The third kappa shape index (κ3) is 2.14. The lowest BCUT2D eigenvalue weighted by atomic mass is 10.1. The Hall–Kier alpha value is -2.34. The van der Waals surface area contributed by atoms with Crippen LogP contribution in [0, 0.1) is 18.3 Å². The highest BCUT2D eigenvalue weighted by Gasteiger charge is 2.19. The van der Waals surface area contributed by atoms with Crippen molar-refractivity contribution < 1.29 is 0 Å². The second-order valence-electron chi connectivity index (χ2n) is 5.33. The Morgan fingerprint density at radius 3 is 2.65 bits per heavy atom. The number of hydrogen-bond donors (Lipinski definition) is 0. The van der Waals surface area contributed by atoms with Gasteiger partial charge in [0.25, 0.3) is 0 Å². The maximum atomic E-state index is 9.37. The molecule has 0 spiro atoms. The Bertz CT molecular complexity index is 681. The number of nitriles is 1. The van der Waals surface area contributed by atoms with Gasteiger partial charge in [-0.25, -0.2) is 4.98 Å². The van der Waals surface area contributed by atoms with Gasteiger partial charge in [0.05, 0.1) is 5.56 Å². The van der Waals surface area contributed by atoms with E-state index in [0.717, 1.165) is 36.5 Å². The van der Waals surface area contributed by atoms with Crippen LogP contribution in [0.15, 0.2) is 30.3 Å². The minimum absolute atomic E-state index is 0.661. The molecule has 0 fully saturated rings. The van der Waals surface area contributed by atoms with E-state index in [1.54, 1.807) is 0 Å². The molecule has 1 heterocycles. The predicted molar refractivity (Wildman–Crippen MR) is 80.2 cm³/mol. The first kappa shape index (κ1) is 12.7. The van der Waals surface area contributed by atoms with Crippen molar-refractivity contribution >= 4 is 11.5 Å². The number of hydrogen-bond acceptors (Lipinski definition) is 3. The first-order valence-corrected chi connectivity index (χ1v) is 6.92. The molecule has 2 aromatic rings. The fraction of sp³-hybridized carbons (Fsp3) is 0.294. The van der Waals surface area contributed by atoms with Gasteiger partial charge in [-0.1, -0.05) is 17.7 Å². The second kappa shape index (κ2) is 4.97. The lowest BCUT2D eigenvalue weighted by Crippen LogP contribution is -2.14. The molecule has 0 N–H and O–H groups in total. The highest BCUT2D eigenvalue weighted by molar-refractivity contribution is 5.66. The summed E-state index contributed by atoms with van der Waals surface area (Å²) in [6.45, 7) is 2.07. The molecule has 0 saturated heterocycles. The summed E-state index contributed by atoms with van der Waals surface area (Å²) in [4.78, 5) is 6.72. The van der Waals surface area contributed by atoms with Crippen LogP contribution < -0.4 is 4.90 Å².